The third-order valence-corrected chi connectivity index (χ3v) is 15.0. The molecule has 304 valence electrons. The molecule has 0 saturated carbocycles. The average molecular weight is 871 g/mol. The van der Waals surface area contributed by atoms with Crippen LogP contribution in [0.1, 0.15) is 0 Å². The van der Waals surface area contributed by atoms with Crippen LogP contribution in [0.3, 0.4) is 0 Å². The zero-order valence-electron chi connectivity index (χ0n) is 33.5. The number of rotatable bonds is 4. The van der Waals surface area contributed by atoms with Gasteiger partial charge in [-0.05, 0) is 94.7 Å². The normalized spacial score (nSPS) is 12.1. The fraction of sp³-hybridized carbons (Fsp3) is 0. The highest BCUT2D eigenvalue weighted by Gasteiger charge is 2.20. The molecule has 0 atom stereocenters. The van der Waals surface area contributed by atoms with Gasteiger partial charge in [-0.3, -0.25) is 0 Å². The molecule has 0 N–H and O–H groups in total. The van der Waals surface area contributed by atoms with E-state index in [1.807, 2.05) is 57.7 Å². The van der Waals surface area contributed by atoms with Crippen LogP contribution in [-0.4, -0.2) is 9.13 Å². The fourth-order valence-electron chi connectivity index (χ4n) is 9.89. The smallest absolute Gasteiger partial charge is 0.128 e. The van der Waals surface area contributed by atoms with E-state index in [4.69, 9.17) is 0 Å². The number of hydrogen-bond acceptors (Lipinski definition) is 2. The number of hydrogen-bond donors (Lipinski definition) is 0. The largest absolute Gasteiger partial charge is 0.310 e. The minimum atomic E-state index is -0.704. The lowest BCUT2D eigenvalue weighted by Crippen LogP contribution is -2.03. The molecule has 0 aliphatic rings. The van der Waals surface area contributed by atoms with Gasteiger partial charge in [0, 0.05) is 85.4 Å². The molecule has 13 aromatic rings. The van der Waals surface area contributed by atoms with E-state index in [0.717, 1.165) is 76.1 Å². The van der Waals surface area contributed by atoms with Gasteiger partial charge in [-0.25, -0.2) is 17.6 Å². The first kappa shape index (κ1) is 37.1. The molecule has 0 aliphatic heterocycles. The Morgan fingerprint density at radius 2 is 0.703 bits per heavy atom. The summed E-state index contributed by atoms with van der Waals surface area (Å²) in [6.07, 6.45) is 0. The zero-order valence-corrected chi connectivity index (χ0v) is 35.2. The highest BCUT2D eigenvalue weighted by atomic mass is 32.1. The Balaban J connectivity index is 1.20. The van der Waals surface area contributed by atoms with Crippen molar-refractivity contribution in [2.75, 3.05) is 0 Å². The second-order valence-electron chi connectivity index (χ2n) is 16.2. The first-order valence-corrected chi connectivity index (χ1v) is 22.5. The van der Waals surface area contributed by atoms with Crippen molar-refractivity contribution in [2.24, 2.45) is 0 Å². The van der Waals surface area contributed by atoms with Crippen LogP contribution in [0.2, 0.25) is 0 Å². The summed E-state index contributed by atoms with van der Waals surface area (Å²) in [4.78, 5) is 0. The van der Waals surface area contributed by atoms with Crippen LogP contribution in [0.4, 0.5) is 17.6 Å². The highest BCUT2D eigenvalue weighted by molar-refractivity contribution is 7.26. The number of halogens is 4. The Hall–Kier alpha value is -7.52. The van der Waals surface area contributed by atoms with Gasteiger partial charge in [0.2, 0.25) is 0 Å². The molecule has 64 heavy (non-hydrogen) atoms. The maximum atomic E-state index is 15.4. The van der Waals surface area contributed by atoms with Crippen LogP contribution >= 0.6 is 22.7 Å². The lowest BCUT2D eigenvalue weighted by Gasteiger charge is -2.20. The van der Waals surface area contributed by atoms with Gasteiger partial charge in [0.1, 0.15) is 23.3 Å². The minimum Gasteiger partial charge on any atom is -0.310 e. The van der Waals surface area contributed by atoms with Crippen molar-refractivity contribution in [1.82, 2.24) is 9.13 Å². The van der Waals surface area contributed by atoms with Gasteiger partial charge in [0.05, 0.1) is 22.4 Å². The standard InChI is InChI=1S/C56H30F4N2S2/c57-31-23-32(58)26-37(25-31)61-36-16-18-42-40(46-10-6-12-48-44-8-2-4-14-54(44)64-56(46)48)20-22-52(50(42)30-36)62(38-27-33(59)24-34(60)28-38)35-15-17-41-39(19-21-51(61)49(41)29-35)45-9-5-11-47-43-7-1-3-13-53(43)63-55(45)47/h1-30H. The average Bonchev–Trinajstić information content (AvgIpc) is 3.88. The van der Waals surface area contributed by atoms with Crippen LogP contribution in [-0.2, 0) is 0 Å². The van der Waals surface area contributed by atoms with Crippen molar-refractivity contribution in [3.63, 3.8) is 0 Å². The van der Waals surface area contributed by atoms with E-state index >= 15 is 17.6 Å². The topological polar surface area (TPSA) is 9.86 Å². The van der Waals surface area contributed by atoms with Crippen LogP contribution in [0.25, 0.3) is 118 Å². The molecule has 0 radical (unpaired) electrons. The summed E-state index contributed by atoms with van der Waals surface area (Å²) in [7, 11) is 0. The summed E-state index contributed by atoms with van der Waals surface area (Å²) in [6, 6.07) is 56.9. The molecular formula is C56H30F4N2S2. The molecule has 13 rings (SSSR count). The molecule has 8 heteroatoms. The number of benzene rings is 10. The highest BCUT2D eigenvalue weighted by Crippen LogP contribution is 2.45. The van der Waals surface area contributed by atoms with Gasteiger partial charge in [0.25, 0.3) is 0 Å². The van der Waals surface area contributed by atoms with Gasteiger partial charge in [-0.1, -0.05) is 97.1 Å². The Morgan fingerprint density at radius 1 is 0.297 bits per heavy atom. The first-order valence-electron chi connectivity index (χ1n) is 20.8. The van der Waals surface area contributed by atoms with Crippen molar-refractivity contribution in [2.45, 2.75) is 0 Å². The maximum Gasteiger partial charge on any atom is 0.128 e. The molecule has 3 heterocycles. The van der Waals surface area contributed by atoms with E-state index in [9.17, 15) is 0 Å². The third kappa shape index (κ3) is 5.62. The number of aromatic nitrogens is 2. The molecule has 0 spiro atoms. The molecule has 10 aromatic carbocycles. The van der Waals surface area contributed by atoms with Gasteiger partial charge in [-0.2, -0.15) is 0 Å². The summed E-state index contributed by atoms with van der Waals surface area (Å²) in [6.45, 7) is 0. The van der Waals surface area contributed by atoms with Crippen LogP contribution in [0, 0.1) is 23.3 Å². The van der Waals surface area contributed by atoms with Crippen LogP contribution in [0.15, 0.2) is 182 Å². The molecule has 0 fully saturated rings. The monoisotopic (exact) mass is 870 g/mol. The van der Waals surface area contributed by atoms with E-state index in [0.29, 0.717) is 33.4 Å². The van der Waals surface area contributed by atoms with Crippen molar-refractivity contribution in [3.8, 4) is 33.6 Å². The number of thiophene rings is 2. The summed E-state index contributed by atoms with van der Waals surface area (Å²) >= 11 is 3.48. The zero-order chi connectivity index (χ0) is 42.8. The fourth-order valence-corrected chi connectivity index (χ4v) is 12.4. The van der Waals surface area contributed by atoms with Gasteiger partial charge in [0.15, 0.2) is 0 Å². The summed E-state index contributed by atoms with van der Waals surface area (Å²) in [5.41, 5.74) is 7.31. The van der Waals surface area contributed by atoms with Crippen LogP contribution < -0.4 is 0 Å². The molecule has 4 bridgehead atoms. The Kier molecular flexibility index (Phi) is 8.11. The van der Waals surface area contributed by atoms with Gasteiger partial charge in [-0.15, -0.1) is 22.7 Å². The van der Waals surface area contributed by atoms with Gasteiger partial charge < -0.3 is 9.13 Å². The Bertz CT molecular complexity index is 3840. The van der Waals surface area contributed by atoms with E-state index in [1.54, 1.807) is 22.7 Å². The Morgan fingerprint density at radius 3 is 1.14 bits per heavy atom. The van der Waals surface area contributed by atoms with Crippen molar-refractivity contribution in [3.05, 3.63) is 205 Å². The summed E-state index contributed by atoms with van der Waals surface area (Å²) < 4.78 is 70.1. The molecule has 3 aromatic heterocycles. The van der Waals surface area contributed by atoms with Crippen LogP contribution in [0.5, 0.6) is 0 Å². The first-order chi connectivity index (χ1) is 31.3. The number of nitrogens with zero attached hydrogens (tertiary/aromatic N) is 2. The SMILES string of the molecule is Fc1cc(F)cc(-n2c3ccc4c(-c5cccc6c5sc5ccccc56)ccc(c4c3)n(-c3cc(F)cc(F)c3)c3ccc4c(-c5cccc6c5sc5ccccc56)ccc2c4c3)c1. The van der Waals surface area contributed by atoms with E-state index in [2.05, 4.69) is 97.1 Å². The molecule has 0 amide bonds. The van der Waals surface area contributed by atoms with Crippen molar-refractivity contribution < 1.29 is 17.6 Å². The van der Waals surface area contributed by atoms with Crippen molar-refractivity contribution in [1.29, 1.82) is 0 Å². The lowest BCUT2D eigenvalue weighted by atomic mass is 9.94. The maximum absolute atomic E-state index is 15.4. The third-order valence-electron chi connectivity index (χ3n) is 12.6. The predicted molar refractivity (Wildman–Crippen MR) is 260 cm³/mol. The van der Waals surface area contributed by atoms with E-state index < -0.39 is 23.3 Å². The van der Waals surface area contributed by atoms with E-state index in [1.165, 1.54) is 44.4 Å². The molecule has 2 nitrogen and oxygen atoms in total. The molecular weight excluding hydrogens is 841 g/mol. The van der Waals surface area contributed by atoms with Gasteiger partial charge >= 0.3 is 0 Å². The van der Waals surface area contributed by atoms with Crippen molar-refractivity contribution >= 4 is 107 Å². The second-order valence-corrected chi connectivity index (χ2v) is 18.3. The lowest BCUT2D eigenvalue weighted by molar-refractivity contribution is 0.581. The quantitative estimate of drug-likeness (QED) is 0.156. The predicted octanol–water partition coefficient (Wildman–Crippen LogP) is 17.1. The molecule has 0 unspecified atom stereocenters. The molecule has 0 saturated heterocycles. The Labute approximate surface area is 370 Å². The number of fused-ring (bicyclic) bond motifs is 8. The molecule has 0 aliphatic carbocycles. The van der Waals surface area contributed by atoms with E-state index in [-0.39, 0.29) is 0 Å². The summed E-state index contributed by atoms with van der Waals surface area (Å²) in [5.74, 6) is -2.82. The second kappa shape index (κ2) is 14.0. The minimum absolute atomic E-state index is 0.306. The summed E-state index contributed by atoms with van der Waals surface area (Å²) in [5, 5.41) is 8.02.